The number of aromatic nitrogens is 1. The molecule has 10 heteroatoms. The van der Waals surface area contributed by atoms with Crippen LogP contribution >= 0.6 is 11.3 Å². The monoisotopic (exact) mass is 321 g/mol. The molecule has 0 aliphatic heterocycles. The zero-order valence-electron chi connectivity index (χ0n) is 11.1. The number of hydrogen-bond acceptors (Lipinski definition) is 6. The van der Waals surface area contributed by atoms with Crippen LogP contribution in [-0.2, 0) is 14.8 Å². The van der Waals surface area contributed by atoms with Gasteiger partial charge in [0.25, 0.3) is 10.0 Å². The number of nitrogens with zero attached hydrogens (tertiary/aromatic N) is 1. The number of amides is 1. The average Bonchev–Trinajstić information content (AvgIpc) is 2.73. The maximum Gasteiger partial charge on any atom is 0.356 e. The first kappa shape index (κ1) is 16.5. The lowest BCUT2D eigenvalue weighted by Crippen LogP contribution is -2.45. The van der Waals surface area contributed by atoms with Crippen molar-refractivity contribution in [1.29, 1.82) is 0 Å². The van der Waals surface area contributed by atoms with Crippen LogP contribution in [0, 0.1) is 0 Å². The highest BCUT2D eigenvalue weighted by atomic mass is 32.2. The number of rotatable bonds is 5. The number of hydrogen-bond donors (Lipinski definition) is 3. The second-order valence-corrected chi connectivity index (χ2v) is 7.73. The van der Waals surface area contributed by atoms with E-state index in [-0.39, 0.29) is 0 Å². The number of carbonyl (C=O) groups excluding carboxylic acids is 1. The fourth-order valence-corrected chi connectivity index (χ4v) is 3.42. The summed E-state index contributed by atoms with van der Waals surface area (Å²) in [5.74, 6) is -1.95. The third kappa shape index (κ3) is 4.54. The summed E-state index contributed by atoms with van der Waals surface area (Å²) in [7, 11) is -4.08. The fraction of sp³-hybridized carbons (Fsp3) is 0.500. The Morgan fingerprint density at radius 3 is 2.50 bits per heavy atom. The zero-order chi connectivity index (χ0) is 15.6. The lowest BCUT2D eigenvalue weighted by atomic mass is 10.1. The Bertz CT molecular complexity index is 615. The van der Waals surface area contributed by atoms with E-state index < -0.39 is 43.9 Å². The molecule has 0 aromatic carbocycles. The number of carbonyl (C=O) groups is 2. The minimum absolute atomic E-state index is 0.423. The summed E-state index contributed by atoms with van der Waals surface area (Å²) < 4.78 is 25.4. The molecule has 1 aromatic rings. The van der Waals surface area contributed by atoms with Crippen molar-refractivity contribution in [2.45, 2.75) is 30.5 Å². The predicted molar refractivity (Wildman–Crippen MR) is 72.2 cm³/mol. The minimum Gasteiger partial charge on any atom is -0.476 e. The summed E-state index contributed by atoms with van der Waals surface area (Å²) in [5.41, 5.74) is 0.0747. The molecule has 112 valence electrons. The summed E-state index contributed by atoms with van der Waals surface area (Å²) >= 11 is 0.676. The van der Waals surface area contributed by atoms with Crippen molar-refractivity contribution in [3.8, 4) is 0 Å². The normalized spacial score (nSPS) is 12.2. The first-order chi connectivity index (χ1) is 9.03. The van der Waals surface area contributed by atoms with E-state index in [1.807, 2.05) is 4.72 Å². The third-order valence-corrected chi connectivity index (χ3v) is 4.69. The number of sulfonamides is 1. The maximum atomic E-state index is 11.9. The highest BCUT2D eigenvalue weighted by molar-refractivity contribution is 7.91. The van der Waals surface area contributed by atoms with Crippen LogP contribution in [-0.4, -0.2) is 42.5 Å². The molecule has 0 saturated carbocycles. The Kier molecular flexibility index (Phi) is 4.84. The second-order valence-electron chi connectivity index (χ2n) is 4.92. The van der Waals surface area contributed by atoms with Crippen molar-refractivity contribution in [1.82, 2.24) is 15.0 Å². The van der Waals surface area contributed by atoms with Crippen LogP contribution < -0.4 is 10.0 Å². The topological polar surface area (TPSA) is 125 Å². The summed E-state index contributed by atoms with van der Waals surface area (Å²) in [5, 5.41) is 11.4. The van der Waals surface area contributed by atoms with Crippen molar-refractivity contribution in [2.75, 3.05) is 6.54 Å². The van der Waals surface area contributed by atoms with Gasteiger partial charge in [0, 0.05) is 5.54 Å². The van der Waals surface area contributed by atoms with Crippen molar-refractivity contribution in [2.24, 2.45) is 0 Å². The molecule has 1 aromatic heterocycles. The number of aromatic carboxylic acids is 1. The molecule has 8 nitrogen and oxygen atoms in total. The van der Waals surface area contributed by atoms with Gasteiger partial charge in [0.15, 0.2) is 9.90 Å². The molecular formula is C10H15N3O5S2. The van der Waals surface area contributed by atoms with E-state index in [0.717, 1.165) is 5.51 Å². The molecular weight excluding hydrogens is 306 g/mol. The molecule has 0 aliphatic carbocycles. The third-order valence-electron chi connectivity index (χ3n) is 1.92. The highest BCUT2D eigenvalue weighted by Crippen LogP contribution is 2.19. The zero-order valence-corrected chi connectivity index (χ0v) is 12.8. The van der Waals surface area contributed by atoms with Gasteiger partial charge >= 0.3 is 5.97 Å². The minimum atomic E-state index is -4.08. The lowest BCUT2D eigenvalue weighted by Gasteiger charge is -2.20. The van der Waals surface area contributed by atoms with Crippen molar-refractivity contribution < 1.29 is 23.1 Å². The molecule has 0 radical (unpaired) electrons. The largest absolute Gasteiger partial charge is 0.476 e. The lowest BCUT2D eigenvalue weighted by molar-refractivity contribution is -0.121. The molecule has 1 amide bonds. The molecule has 0 bridgehead atoms. The van der Waals surface area contributed by atoms with Crippen LogP contribution in [0.1, 0.15) is 31.3 Å². The summed E-state index contributed by atoms with van der Waals surface area (Å²) in [6.45, 7) is 4.79. The van der Waals surface area contributed by atoms with Gasteiger partial charge in [-0.15, -0.1) is 11.3 Å². The van der Waals surface area contributed by atoms with E-state index >= 15 is 0 Å². The van der Waals surface area contributed by atoms with Crippen molar-refractivity contribution in [3.05, 3.63) is 11.2 Å². The average molecular weight is 321 g/mol. The summed E-state index contributed by atoms with van der Waals surface area (Å²) in [4.78, 5) is 25.8. The SMILES string of the molecule is CC(C)(C)NC(=O)CNS(=O)(=O)c1scnc1C(=O)O. The molecule has 1 rings (SSSR count). The Morgan fingerprint density at radius 2 is 2.00 bits per heavy atom. The van der Waals surface area contributed by atoms with E-state index in [9.17, 15) is 18.0 Å². The molecule has 0 unspecified atom stereocenters. The summed E-state index contributed by atoms with van der Waals surface area (Å²) in [6, 6.07) is 0. The van der Waals surface area contributed by atoms with E-state index in [1.54, 1.807) is 20.8 Å². The van der Waals surface area contributed by atoms with Crippen LogP contribution in [0.2, 0.25) is 0 Å². The molecule has 20 heavy (non-hydrogen) atoms. The summed E-state index contributed by atoms with van der Waals surface area (Å²) in [6.07, 6.45) is 0. The van der Waals surface area contributed by atoms with E-state index in [2.05, 4.69) is 10.3 Å². The van der Waals surface area contributed by atoms with Gasteiger partial charge < -0.3 is 10.4 Å². The number of carboxylic acids is 1. The molecule has 3 N–H and O–H groups in total. The van der Waals surface area contributed by atoms with Crippen molar-refractivity contribution in [3.63, 3.8) is 0 Å². The predicted octanol–water partition coefficient (Wildman–Crippen LogP) is 0.0343. The number of thiazole rings is 1. The van der Waals surface area contributed by atoms with Gasteiger partial charge in [0.1, 0.15) is 0 Å². The van der Waals surface area contributed by atoms with Crippen LogP contribution in [0.5, 0.6) is 0 Å². The van der Waals surface area contributed by atoms with E-state index in [1.165, 1.54) is 0 Å². The van der Waals surface area contributed by atoms with Gasteiger partial charge in [0.2, 0.25) is 5.91 Å². The van der Waals surface area contributed by atoms with Crippen LogP contribution in [0.15, 0.2) is 9.72 Å². The number of nitrogens with one attached hydrogen (secondary N) is 2. The molecule has 0 atom stereocenters. The smallest absolute Gasteiger partial charge is 0.356 e. The Labute approximate surface area is 120 Å². The van der Waals surface area contributed by atoms with Crippen molar-refractivity contribution >= 4 is 33.2 Å². The van der Waals surface area contributed by atoms with Crippen LogP contribution in [0.3, 0.4) is 0 Å². The molecule has 0 spiro atoms. The van der Waals surface area contributed by atoms with Gasteiger partial charge in [0.05, 0.1) is 12.1 Å². The molecule has 1 heterocycles. The Balaban J connectivity index is 2.79. The Morgan fingerprint density at radius 1 is 1.40 bits per heavy atom. The van der Waals surface area contributed by atoms with Gasteiger partial charge in [-0.05, 0) is 20.8 Å². The standard InChI is InChI=1S/C10H15N3O5S2/c1-10(2,3)13-6(14)4-12-20(17,18)9-7(8(15)16)11-5-19-9/h5,12H,4H2,1-3H3,(H,13,14)(H,15,16). The van der Waals surface area contributed by atoms with Crippen LogP contribution in [0.25, 0.3) is 0 Å². The first-order valence-corrected chi connectivity index (χ1v) is 7.86. The quantitative estimate of drug-likeness (QED) is 0.703. The highest BCUT2D eigenvalue weighted by Gasteiger charge is 2.26. The molecule has 0 fully saturated rings. The number of carboxylic acid groups (broad SMARTS) is 1. The van der Waals surface area contributed by atoms with E-state index in [4.69, 9.17) is 5.11 Å². The van der Waals surface area contributed by atoms with Gasteiger partial charge in [-0.1, -0.05) is 0 Å². The van der Waals surface area contributed by atoms with E-state index in [0.29, 0.717) is 11.3 Å². The van der Waals surface area contributed by atoms with Gasteiger partial charge in [-0.3, -0.25) is 4.79 Å². The van der Waals surface area contributed by atoms with Gasteiger partial charge in [-0.2, -0.15) is 0 Å². The second kappa shape index (κ2) is 5.85. The molecule has 0 saturated heterocycles. The van der Waals surface area contributed by atoms with Crippen LogP contribution in [0.4, 0.5) is 0 Å². The Hall–Kier alpha value is -1.52. The fourth-order valence-electron chi connectivity index (χ4n) is 1.26. The van der Waals surface area contributed by atoms with Gasteiger partial charge in [-0.25, -0.2) is 22.9 Å². The first-order valence-electron chi connectivity index (χ1n) is 5.50. The maximum absolute atomic E-state index is 11.9. The molecule has 0 aliphatic rings.